The zero-order chi connectivity index (χ0) is 13.0. The maximum Gasteiger partial charge on any atom is -0.0360 e. The van der Waals surface area contributed by atoms with Crippen LogP contribution in [0.5, 0.6) is 0 Å². The molecule has 0 radical (unpaired) electrons. The quantitative estimate of drug-likeness (QED) is 0.504. The Balaban J connectivity index is 2.29. The highest BCUT2D eigenvalue weighted by Crippen LogP contribution is 2.46. The van der Waals surface area contributed by atoms with E-state index < -0.39 is 0 Å². The van der Waals surface area contributed by atoms with Crippen LogP contribution in [0.2, 0.25) is 0 Å². The molecule has 0 aromatic rings. The van der Waals surface area contributed by atoms with Gasteiger partial charge in [0.15, 0.2) is 0 Å². The molecule has 5 unspecified atom stereocenters. The van der Waals surface area contributed by atoms with Crippen LogP contribution in [0.1, 0.15) is 73.6 Å². The Morgan fingerprint density at radius 2 is 1.65 bits per heavy atom. The molecule has 0 aromatic heterocycles. The van der Waals surface area contributed by atoms with Crippen molar-refractivity contribution in [3.8, 4) is 0 Å². The average molecular weight is 238 g/mol. The molecule has 0 spiro atoms. The van der Waals surface area contributed by atoms with Gasteiger partial charge in [-0.3, -0.25) is 0 Å². The van der Waals surface area contributed by atoms with Crippen molar-refractivity contribution in [2.45, 2.75) is 73.6 Å². The van der Waals surface area contributed by atoms with Crippen molar-refractivity contribution in [2.24, 2.45) is 35.5 Å². The van der Waals surface area contributed by atoms with Crippen molar-refractivity contribution in [2.75, 3.05) is 0 Å². The van der Waals surface area contributed by atoms with Gasteiger partial charge in [0.1, 0.15) is 0 Å². The van der Waals surface area contributed by atoms with E-state index in [1.54, 1.807) is 0 Å². The van der Waals surface area contributed by atoms with E-state index in [0.717, 1.165) is 35.5 Å². The van der Waals surface area contributed by atoms with E-state index in [-0.39, 0.29) is 0 Å². The van der Waals surface area contributed by atoms with E-state index in [0.29, 0.717) is 0 Å². The van der Waals surface area contributed by atoms with Crippen LogP contribution in [0.25, 0.3) is 0 Å². The third kappa shape index (κ3) is 5.02. The normalized spacial score (nSPS) is 29.1. The van der Waals surface area contributed by atoms with E-state index in [1.807, 2.05) is 0 Å². The molecule has 1 aliphatic rings. The lowest BCUT2D eigenvalue weighted by Crippen LogP contribution is -2.16. The standard InChI is InChI=1S/C17H34/c1-7-16(9-8-12(2)3)13(4)10-14(5)17-11-15(17)6/h12-17H,7-11H2,1-6H3. The van der Waals surface area contributed by atoms with Crippen molar-refractivity contribution < 1.29 is 0 Å². The van der Waals surface area contributed by atoms with Crippen LogP contribution in [-0.4, -0.2) is 0 Å². The first kappa shape index (κ1) is 15.1. The second-order valence-corrected chi connectivity index (χ2v) is 7.21. The fraction of sp³-hybridized carbons (Fsp3) is 1.00. The average Bonchev–Trinajstić information content (AvgIpc) is 2.96. The highest BCUT2D eigenvalue weighted by molar-refractivity contribution is 4.87. The zero-order valence-electron chi connectivity index (χ0n) is 13.0. The Labute approximate surface area is 110 Å². The predicted octanol–water partition coefficient (Wildman–Crippen LogP) is 5.77. The molecule has 5 atom stereocenters. The number of rotatable bonds is 8. The number of hydrogen-bond acceptors (Lipinski definition) is 0. The molecule has 0 aliphatic heterocycles. The summed E-state index contributed by atoms with van der Waals surface area (Å²) in [6, 6.07) is 0. The first-order chi connectivity index (χ1) is 7.95. The highest BCUT2D eigenvalue weighted by atomic mass is 14.4. The minimum Gasteiger partial charge on any atom is -0.0651 e. The lowest BCUT2D eigenvalue weighted by Gasteiger charge is -2.26. The zero-order valence-corrected chi connectivity index (χ0v) is 13.0. The summed E-state index contributed by atoms with van der Waals surface area (Å²) in [5, 5.41) is 0. The van der Waals surface area contributed by atoms with Gasteiger partial charge in [0.2, 0.25) is 0 Å². The molecule has 0 amide bonds. The van der Waals surface area contributed by atoms with Gasteiger partial charge in [0.05, 0.1) is 0 Å². The van der Waals surface area contributed by atoms with Gasteiger partial charge in [-0.2, -0.15) is 0 Å². The molecule has 102 valence electrons. The third-order valence-corrected chi connectivity index (χ3v) is 5.09. The second-order valence-electron chi connectivity index (χ2n) is 7.21. The predicted molar refractivity (Wildman–Crippen MR) is 78.1 cm³/mol. The molecule has 0 nitrogen and oxygen atoms in total. The molecule has 1 aliphatic carbocycles. The highest BCUT2D eigenvalue weighted by Gasteiger charge is 2.37. The maximum absolute atomic E-state index is 2.50. The molecule has 0 heteroatoms. The third-order valence-electron chi connectivity index (χ3n) is 5.09. The van der Waals surface area contributed by atoms with Crippen LogP contribution < -0.4 is 0 Å². The van der Waals surface area contributed by atoms with Gasteiger partial charge < -0.3 is 0 Å². The van der Waals surface area contributed by atoms with E-state index in [2.05, 4.69) is 41.5 Å². The number of hydrogen-bond donors (Lipinski definition) is 0. The Kier molecular flexibility index (Phi) is 6.03. The molecule has 0 aromatic carbocycles. The second kappa shape index (κ2) is 6.81. The van der Waals surface area contributed by atoms with Crippen LogP contribution in [0.15, 0.2) is 0 Å². The van der Waals surface area contributed by atoms with Crippen molar-refractivity contribution in [3.05, 3.63) is 0 Å². The summed E-state index contributed by atoms with van der Waals surface area (Å²) in [5.41, 5.74) is 0. The largest absolute Gasteiger partial charge is 0.0651 e. The molecule has 1 rings (SSSR count). The summed E-state index contributed by atoms with van der Waals surface area (Å²) in [6.45, 7) is 14.5. The van der Waals surface area contributed by atoms with Gasteiger partial charge in [-0.15, -0.1) is 0 Å². The van der Waals surface area contributed by atoms with Crippen molar-refractivity contribution in [1.29, 1.82) is 0 Å². The van der Waals surface area contributed by atoms with E-state index in [4.69, 9.17) is 0 Å². The molecule has 1 fully saturated rings. The van der Waals surface area contributed by atoms with Crippen LogP contribution in [0.3, 0.4) is 0 Å². The molecule has 0 bridgehead atoms. The first-order valence-electron chi connectivity index (χ1n) is 7.95. The summed E-state index contributed by atoms with van der Waals surface area (Å²) in [7, 11) is 0. The fourth-order valence-corrected chi connectivity index (χ4v) is 3.54. The molecule has 0 saturated heterocycles. The fourth-order valence-electron chi connectivity index (χ4n) is 3.54. The SMILES string of the molecule is CCC(CCC(C)C)C(C)CC(C)C1CC1C. The van der Waals surface area contributed by atoms with Crippen LogP contribution in [0.4, 0.5) is 0 Å². The van der Waals surface area contributed by atoms with Gasteiger partial charge in [0.25, 0.3) is 0 Å². The summed E-state index contributed by atoms with van der Waals surface area (Å²) < 4.78 is 0. The summed E-state index contributed by atoms with van der Waals surface area (Å²) >= 11 is 0. The Bertz CT molecular complexity index is 206. The first-order valence-corrected chi connectivity index (χ1v) is 7.95. The van der Waals surface area contributed by atoms with E-state index in [9.17, 15) is 0 Å². The van der Waals surface area contributed by atoms with Crippen LogP contribution >= 0.6 is 0 Å². The molecule has 17 heavy (non-hydrogen) atoms. The minimum atomic E-state index is 0.872. The molecule has 0 N–H and O–H groups in total. The van der Waals surface area contributed by atoms with Crippen molar-refractivity contribution in [3.63, 3.8) is 0 Å². The molecule has 0 heterocycles. The van der Waals surface area contributed by atoms with Gasteiger partial charge in [-0.25, -0.2) is 0 Å². The van der Waals surface area contributed by atoms with Crippen molar-refractivity contribution >= 4 is 0 Å². The molecule has 1 saturated carbocycles. The van der Waals surface area contributed by atoms with E-state index >= 15 is 0 Å². The van der Waals surface area contributed by atoms with Gasteiger partial charge in [0, 0.05) is 0 Å². The lowest BCUT2D eigenvalue weighted by atomic mass is 9.80. The van der Waals surface area contributed by atoms with Crippen molar-refractivity contribution in [1.82, 2.24) is 0 Å². The Hall–Kier alpha value is 0. The Morgan fingerprint density at radius 3 is 2.06 bits per heavy atom. The monoisotopic (exact) mass is 238 g/mol. The van der Waals surface area contributed by atoms with Gasteiger partial charge >= 0.3 is 0 Å². The van der Waals surface area contributed by atoms with E-state index in [1.165, 1.54) is 32.1 Å². The minimum absolute atomic E-state index is 0.872. The van der Waals surface area contributed by atoms with Crippen LogP contribution in [0, 0.1) is 35.5 Å². The van der Waals surface area contributed by atoms with Gasteiger partial charge in [-0.05, 0) is 54.8 Å². The van der Waals surface area contributed by atoms with Gasteiger partial charge in [-0.1, -0.05) is 54.4 Å². The molecular formula is C17H34. The summed E-state index contributed by atoms with van der Waals surface area (Å²) in [4.78, 5) is 0. The molecular weight excluding hydrogens is 204 g/mol. The lowest BCUT2D eigenvalue weighted by molar-refractivity contribution is 0.247. The Morgan fingerprint density at radius 1 is 1.06 bits per heavy atom. The van der Waals surface area contributed by atoms with Crippen LogP contribution in [-0.2, 0) is 0 Å². The maximum atomic E-state index is 2.50. The topological polar surface area (TPSA) is 0 Å². The smallest absolute Gasteiger partial charge is 0.0360 e. The summed E-state index contributed by atoms with van der Waals surface area (Å²) in [6.07, 6.45) is 7.20. The summed E-state index contributed by atoms with van der Waals surface area (Å²) in [5.74, 6) is 5.81.